The lowest BCUT2D eigenvalue weighted by Gasteiger charge is -2.43. The number of rotatable bonds is 7. The van der Waals surface area contributed by atoms with E-state index in [0.29, 0.717) is 47.8 Å². The summed E-state index contributed by atoms with van der Waals surface area (Å²) in [5, 5.41) is 6.52. The molecule has 2 aliphatic heterocycles. The van der Waals surface area contributed by atoms with Gasteiger partial charge in [0, 0.05) is 44.2 Å². The Labute approximate surface area is 231 Å². The van der Waals surface area contributed by atoms with Crippen molar-refractivity contribution in [3.8, 4) is 0 Å². The normalized spacial score (nSPS) is 22.0. The molecule has 2 N–H and O–H groups in total. The first-order chi connectivity index (χ1) is 18.7. The number of nitrogens with zero attached hydrogens (tertiary/aromatic N) is 5. The second-order valence-electron chi connectivity index (χ2n) is 12.1. The van der Waals surface area contributed by atoms with Gasteiger partial charge in [0.1, 0.15) is 16.3 Å². The van der Waals surface area contributed by atoms with Gasteiger partial charge < -0.3 is 20.3 Å². The fraction of sp³-hybridized carbons (Fsp3) is 0.607. The largest absolute Gasteiger partial charge is 0.444 e. The Morgan fingerprint density at radius 3 is 2.56 bits per heavy atom. The molecule has 11 heteroatoms. The lowest BCUT2D eigenvalue weighted by atomic mass is 9.76. The van der Waals surface area contributed by atoms with Crippen LogP contribution in [0.15, 0.2) is 23.4 Å². The van der Waals surface area contributed by atoms with Crippen molar-refractivity contribution < 1.29 is 13.7 Å². The summed E-state index contributed by atoms with van der Waals surface area (Å²) in [6, 6.07) is 0. The number of nitrogens with one attached hydrogen (secondary N) is 2. The third-order valence-electron chi connectivity index (χ3n) is 7.84. The van der Waals surface area contributed by atoms with Crippen LogP contribution < -0.4 is 15.5 Å². The summed E-state index contributed by atoms with van der Waals surface area (Å²) in [6.07, 6.45) is 12.5. The molecule has 2 aromatic heterocycles. The van der Waals surface area contributed by atoms with Crippen molar-refractivity contribution in [1.29, 1.82) is 0 Å². The molecule has 39 heavy (non-hydrogen) atoms. The summed E-state index contributed by atoms with van der Waals surface area (Å²) in [6.45, 7) is 7.38. The van der Waals surface area contributed by atoms with E-state index in [1.165, 1.54) is 18.4 Å². The summed E-state index contributed by atoms with van der Waals surface area (Å²) < 4.78 is 18.4. The molecule has 1 amide bonds. The average Bonchev–Trinajstić information content (AvgIpc) is 3.67. The van der Waals surface area contributed by atoms with Crippen molar-refractivity contribution in [2.45, 2.75) is 87.7 Å². The number of aromatic nitrogens is 4. The van der Waals surface area contributed by atoms with Crippen LogP contribution in [0.4, 0.5) is 16.6 Å². The number of carbonyl (C=O) groups excluding carboxylic acids is 1. The maximum Gasteiger partial charge on any atom is 0.407 e. The Hall–Kier alpha value is -3.08. The number of anilines is 2. The van der Waals surface area contributed by atoms with Crippen molar-refractivity contribution in [2.75, 3.05) is 35.6 Å². The van der Waals surface area contributed by atoms with Gasteiger partial charge in [0.05, 0.1) is 22.0 Å². The first-order valence-corrected chi connectivity index (χ1v) is 15.3. The SMILES string of the molecule is CC(C)(C)OC(=O)NCC1(Nc2nc(N3CC=C(c4ncc(C5CC5)cn4)CC3)nc3c2S(=O)CC3)CCC1. The maximum atomic E-state index is 12.9. The van der Waals surface area contributed by atoms with Gasteiger partial charge in [-0.25, -0.2) is 19.7 Å². The predicted octanol–water partition coefficient (Wildman–Crippen LogP) is 3.96. The van der Waals surface area contributed by atoms with Crippen LogP contribution >= 0.6 is 0 Å². The highest BCUT2D eigenvalue weighted by Crippen LogP contribution is 2.40. The molecular formula is C28H37N7O3S. The number of amides is 1. The second kappa shape index (κ2) is 10.1. The zero-order valence-corrected chi connectivity index (χ0v) is 23.8. The van der Waals surface area contributed by atoms with Crippen LogP contribution in [0.1, 0.15) is 82.3 Å². The molecule has 6 rings (SSSR count). The smallest absolute Gasteiger partial charge is 0.407 e. The fourth-order valence-electron chi connectivity index (χ4n) is 5.35. The Balaban J connectivity index is 1.18. The molecule has 2 saturated carbocycles. The molecule has 0 aromatic carbocycles. The van der Waals surface area contributed by atoms with E-state index < -0.39 is 22.5 Å². The van der Waals surface area contributed by atoms with E-state index in [1.807, 2.05) is 33.2 Å². The van der Waals surface area contributed by atoms with Gasteiger partial charge >= 0.3 is 6.09 Å². The summed E-state index contributed by atoms with van der Waals surface area (Å²) in [7, 11) is -1.14. The summed E-state index contributed by atoms with van der Waals surface area (Å²) in [5.41, 5.74) is 2.34. The van der Waals surface area contributed by atoms with Crippen LogP contribution in [0.25, 0.3) is 5.57 Å². The van der Waals surface area contributed by atoms with Crippen LogP contribution in [0.2, 0.25) is 0 Å². The quantitative estimate of drug-likeness (QED) is 0.526. The summed E-state index contributed by atoms with van der Waals surface area (Å²) >= 11 is 0. The monoisotopic (exact) mass is 551 g/mol. The number of hydrogen-bond acceptors (Lipinski definition) is 9. The Kier molecular flexibility index (Phi) is 6.81. The van der Waals surface area contributed by atoms with E-state index >= 15 is 0 Å². The van der Waals surface area contributed by atoms with Gasteiger partial charge in [0.2, 0.25) is 5.95 Å². The van der Waals surface area contributed by atoms with Crippen LogP contribution in [0.3, 0.4) is 0 Å². The molecule has 2 fully saturated rings. The van der Waals surface area contributed by atoms with E-state index in [9.17, 15) is 9.00 Å². The standard InChI is InChI=1S/C28H37N7O3S/c1-27(2,3)38-26(36)31-17-28(10-4-11-28)34-24-22-21(9-14-39(22)37)32-25(33-24)35-12-7-19(8-13-35)23-29-15-20(16-30-23)18-5-6-18/h7,15-16,18H,4-6,8-14,17H2,1-3H3,(H,31,36)(H,32,33,34). The lowest BCUT2D eigenvalue weighted by Crippen LogP contribution is -2.54. The minimum Gasteiger partial charge on any atom is -0.444 e. The molecule has 2 aromatic rings. The maximum absolute atomic E-state index is 12.9. The number of carbonyl (C=O) groups is 1. The summed E-state index contributed by atoms with van der Waals surface area (Å²) in [5.74, 6) is 3.28. The van der Waals surface area contributed by atoms with Gasteiger partial charge in [-0.3, -0.25) is 4.21 Å². The molecule has 1 unspecified atom stereocenters. The Morgan fingerprint density at radius 1 is 1.18 bits per heavy atom. The van der Waals surface area contributed by atoms with E-state index in [0.717, 1.165) is 49.3 Å². The van der Waals surface area contributed by atoms with Crippen LogP contribution in [0, 0.1) is 0 Å². The van der Waals surface area contributed by atoms with Gasteiger partial charge in [-0.1, -0.05) is 6.08 Å². The minimum absolute atomic E-state index is 0.345. The first-order valence-electron chi connectivity index (χ1n) is 14.0. The van der Waals surface area contributed by atoms with Crippen molar-refractivity contribution in [3.63, 3.8) is 0 Å². The number of fused-ring (bicyclic) bond motifs is 1. The highest BCUT2D eigenvalue weighted by atomic mass is 32.2. The number of alkyl carbamates (subject to hydrolysis) is 1. The van der Waals surface area contributed by atoms with E-state index in [4.69, 9.17) is 14.7 Å². The molecule has 0 bridgehead atoms. The number of hydrogen-bond donors (Lipinski definition) is 2. The number of aryl methyl sites for hydroxylation is 1. The zero-order valence-electron chi connectivity index (χ0n) is 23.0. The van der Waals surface area contributed by atoms with Crippen molar-refractivity contribution in [1.82, 2.24) is 25.3 Å². The van der Waals surface area contributed by atoms with Crippen LogP contribution in [0.5, 0.6) is 0 Å². The molecule has 1 atom stereocenters. The molecule has 0 spiro atoms. The van der Waals surface area contributed by atoms with Crippen LogP contribution in [-0.2, 0) is 22.0 Å². The lowest BCUT2D eigenvalue weighted by molar-refractivity contribution is 0.0506. The third-order valence-corrected chi connectivity index (χ3v) is 9.30. The van der Waals surface area contributed by atoms with Crippen molar-refractivity contribution in [2.24, 2.45) is 0 Å². The third kappa shape index (κ3) is 5.78. The van der Waals surface area contributed by atoms with Gasteiger partial charge in [0.15, 0.2) is 5.82 Å². The minimum atomic E-state index is -1.14. The molecular weight excluding hydrogens is 514 g/mol. The van der Waals surface area contributed by atoms with Gasteiger partial charge in [-0.2, -0.15) is 4.98 Å². The summed E-state index contributed by atoms with van der Waals surface area (Å²) in [4.78, 5) is 34.2. The van der Waals surface area contributed by atoms with Gasteiger partial charge in [-0.15, -0.1) is 0 Å². The molecule has 208 valence electrons. The van der Waals surface area contributed by atoms with E-state index in [-0.39, 0.29) is 5.54 Å². The van der Waals surface area contributed by atoms with E-state index in [2.05, 4.69) is 31.6 Å². The zero-order chi connectivity index (χ0) is 27.2. The molecule has 10 nitrogen and oxygen atoms in total. The molecule has 0 saturated heterocycles. The van der Waals surface area contributed by atoms with Crippen molar-refractivity contribution >= 4 is 34.2 Å². The molecule has 2 aliphatic carbocycles. The predicted molar refractivity (Wildman–Crippen MR) is 150 cm³/mol. The first kappa shape index (κ1) is 26.2. The second-order valence-corrected chi connectivity index (χ2v) is 13.6. The average molecular weight is 552 g/mol. The van der Waals surface area contributed by atoms with E-state index in [1.54, 1.807) is 0 Å². The van der Waals surface area contributed by atoms with Gasteiger partial charge in [0.25, 0.3) is 0 Å². The topological polar surface area (TPSA) is 122 Å². The molecule has 0 radical (unpaired) electrons. The Bertz CT molecular complexity index is 1310. The van der Waals surface area contributed by atoms with Crippen LogP contribution in [-0.4, -0.2) is 66.8 Å². The van der Waals surface area contributed by atoms with Gasteiger partial charge in [-0.05, 0) is 76.4 Å². The molecule has 4 heterocycles. The Morgan fingerprint density at radius 2 is 1.95 bits per heavy atom. The molecule has 4 aliphatic rings. The fourth-order valence-corrected chi connectivity index (χ4v) is 6.66. The highest BCUT2D eigenvalue weighted by molar-refractivity contribution is 7.85. The van der Waals surface area contributed by atoms with Crippen molar-refractivity contribution in [3.05, 3.63) is 35.6 Å². The highest BCUT2D eigenvalue weighted by Gasteiger charge is 2.40. The number of ether oxygens (including phenoxy) is 1.